The molecule has 0 saturated carbocycles. The summed E-state index contributed by atoms with van der Waals surface area (Å²) in [5.41, 5.74) is 2.16. The smallest absolute Gasteiger partial charge is 0.347 e. The molecule has 3 rings (SSSR count). The molecule has 0 saturated heterocycles. The highest BCUT2D eigenvalue weighted by Crippen LogP contribution is 2.29. The molecule has 0 aliphatic carbocycles. The molecule has 160 valence electrons. The van der Waals surface area contributed by atoms with Crippen LogP contribution in [0, 0.1) is 13.8 Å². The normalized spacial score (nSPS) is 11.6. The molecule has 0 spiro atoms. The predicted molar refractivity (Wildman–Crippen MR) is 120 cm³/mol. The number of fused-ring (bicyclic) bond motifs is 1. The van der Waals surface area contributed by atoms with Gasteiger partial charge in [-0.3, -0.25) is 4.79 Å². The van der Waals surface area contributed by atoms with E-state index in [0.29, 0.717) is 11.3 Å². The van der Waals surface area contributed by atoms with Crippen LogP contribution in [0.2, 0.25) is 0 Å². The summed E-state index contributed by atoms with van der Waals surface area (Å²) >= 11 is 0. The Labute approximate surface area is 181 Å². The number of carbonyl (C=O) groups is 2. The molecule has 6 nitrogen and oxygen atoms in total. The van der Waals surface area contributed by atoms with Gasteiger partial charge in [0.1, 0.15) is 5.75 Å². The lowest BCUT2D eigenvalue weighted by Gasteiger charge is -2.24. The third-order valence-electron chi connectivity index (χ3n) is 4.93. The topological polar surface area (TPSA) is 85.7 Å². The van der Waals surface area contributed by atoms with Crippen LogP contribution in [0.25, 0.3) is 17.0 Å². The van der Waals surface area contributed by atoms with Crippen molar-refractivity contribution in [3.8, 4) is 11.6 Å². The fourth-order valence-corrected chi connectivity index (χ4v) is 3.23. The second-order valence-corrected chi connectivity index (χ2v) is 7.84. The van der Waals surface area contributed by atoms with Crippen LogP contribution in [0.3, 0.4) is 0 Å². The predicted octanol–water partition coefficient (Wildman–Crippen LogP) is 5.00. The Morgan fingerprint density at radius 3 is 2.32 bits per heavy atom. The maximum atomic E-state index is 12.8. The van der Waals surface area contributed by atoms with Gasteiger partial charge in [0.15, 0.2) is 11.4 Å². The first-order valence-electron chi connectivity index (χ1n) is 9.82. The van der Waals surface area contributed by atoms with E-state index in [4.69, 9.17) is 9.47 Å². The Balaban J connectivity index is 1.89. The minimum absolute atomic E-state index is 0.224. The molecule has 31 heavy (non-hydrogen) atoms. The van der Waals surface area contributed by atoms with Crippen molar-refractivity contribution < 1.29 is 24.2 Å². The lowest BCUT2D eigenvalue weighted by molar-refractivity contribution is -0.152. The van der Waals surface area contributed by atoms with Gasteiger partial charge in [-0.05, 0) is 74.7 Å². The first-order valence-corrected chi connectivity index (χ1v) is 9.82. The first-order chi connectivity index (χ1) is 14.6. The molecule has 6 heteroatoms. The van der Waals surface area contributed by atoms with E-state index >= 15 is 0 Å². The highest BCUT2D eigenvalue weighted by molar-refractivity contribution is 6.10. The summed E-state index contributed by atoms with van der Waals surface area (Å²) in [6, 6.07) is 13.0. The number of nitrogens with zero attached hydrogens (tertiary/aromatic N) is 1. The van der Waals surface area contributed by atoms with Crippen molar-refractivity contribution in [1.29, 1.82) is 0 Å². The Hall–Kier alpha value is -3.67. The minimum atomic E-state index is -1.34. The number of pyridine rings is 1. The lowest BCUT2D eigenvalue weighted by Crippen LogP contribution is -2.38. The summed E-state index contributed by atoms with van der Waals surface area (Å²) in [7, 11) is 1.49. The zero-order valence-corrected chi connectivity index (χ0v) is 18.2. The van der Waals surface area contributed by atoms with Crippen LogP contribution < -0.4 is 9.47 Å². The summed E-state index contributed by atoms with van der Waals surface area (Å²) in [4.78, 5) is 28.6. The molecule has 0 fully saturated rings. The number of carboxylic acids is 1. The number of aryl methyl sites for hydroxylation is 2. The molecule has 2 aromatic carbocycles. The van der Waals surface area contributed by atoms with Gasteiger partial charge < -0.3 is 14.6 Å². The van der Waals surface area contributed by atoms with Gasteiger partial charge >= 0.3 is 5.97 Å². The van der Waals surface area contributed by atoms with Crippen molar-refractivity contribution in [2.24, 2.45) is 0 Å². The summed E-state index contributed by atoms with van der Waals surface area (Å²) in [5.74, 6) is -0.465. The van der Waals surface area contributed by atoms with Crippen molar-refractivity contribution in [2.45, 2.75) is 33.3 Å². The van der Waals surface area contributed by atoms with Gasteiger partial charge in [0, 0.05) is 5.39 Å². The van der Waals surface area contributed by atoms with Crippen LogP contribution in [0.5, 0.6) is 11.6 Å². The molecule has 0 aliphatic heterocycles. The van der Waals surface area contributed by atoms with Crippen molar-refractivity contribution in [2.75, 3.05) is 7.11 Å². The second kappa shape index (κ2) is 8.60. The number of hydrogen-bond donors (Lipinski definition) is 1. The van der Waals surface area contributed by atoms with E-state index in [1.165, 1.54) is 27.0 Å². The van der Waals surface area contributed by atoms with E-state index in [1.807, 2.05) is 50.2 Å². The zero-order valence-electron chi connectivity index (χ0n) is 18.2. The van der Waals surface area contributed by atoms with Gasteiger partial charge in [0.25, 0.3) is 0 Å². The second-order valence-electron chi connectivity index (χ2n) is 7.84. The Bertz CT molecular complexity index is 1170. The van der Waals surface area contributed by atoms with Crippen LogP contribution in [-0.2, 0) is 4.79 Å². The standard InChI is InChI=1S/C25H25NO5/c1-15-12-17(13-16(2)22(15)31-25(3,4)24(28)29)10-11-21(27)19-14-18-8-6-7-9-20(18)26-23(19)30-5/h6-14H,1-5H3,(H,28,29). The van der Waals surface area contributed by atoms with E-state index in [1.54, 1.807) is 12.1 Å². The van der Waals surface area contributed by atoms with Crippen LogP contribution in [0.4, 0.5) is 0 Å². The molecular weight excluding hydrogens is 394 g/mol. The van der Waals surface area contributed by atoms with Gasteiger partial charge in [-0.15, -0.1) is 0 Å². The molecule has 0 aliphatic rings. The SMILES string of the molecule is COc1nc2ccccc2cc1C(=O)C=Cc1cc(C)c(OC(C)(C)C(=O)O)c(C)c1. The number of aromatic nitrogens is 1. The number of carboxylic acid groups (broad SMARTS) is 1. The van der Waals surface area contributed by atoms with Crippen LogP contribution >= 0.6 is 0 Å². The van der Waals surface area contributed by atoms with Gasteiger partial charge in [0.05, 0.1) is 18.2 Å². The average Bonchev–Trinajstić information content (AvgIpc) is 2.73. The number of para-hydroxylation sites is 1. The van der Waals surface area contributed by atoms with Crippen molar-refractivity contribution in [1.82, 2.24) is 4.98 Å². The molecule has 0 atom stereocenters. The third kappa shape index (κ3) is 4.74. The van der Waals surface area contributed by atoms with Crippen molar-refractivity contribution in [3.63, 3.8) is 0 Å². The summed E-state index contributed by atoms with van der Waals surface area (Å²) < 4.78 is 11.0. The maximum absolute atomic E-state index is 12.8. The molecule has 3 aromatic rings. The fourth-order valence-electron chi connectivity index (χ4n) is 3.23. The summed E-state index contributed by atoms with van der Waals surface area (Å²) in [6.45, 7) is 6.70. The number of benzene rings is 2. The van der Waals surface area contributed by atoms with Crippen LogP contribution in [0.1, 0.15) is 40.9 Å². The Morgan fingerprint density at radius 2 is 1.71 bits per heavy atom. The summed E-state index contributed by atoms with van der Waals surface area (Å²) in [5, 5.41) is 10.2. The molecular formula is C25H25NO5. The van der Waals surface area contributed by atoms with Gasteiger partial charge in [-0.1, -0.05) is 24.3 Å². The highest BCUT2D eigenvalue weighted by atomic mass is 16.5. The number of ketones is 1. The number of rotatable bonds is 7. The number of ether oxygens (including phenoxy) is 2. The zero-order chi connectivity index (χ0) is 22.8. The highest BCUT2D eigenvalue weighted by Gasteiger charge is 2.30. The minimum Gasteiger partial charge on any atom is -0.480 e. The first kappa shape index (κ1) is 22.0. The van der Waals surface area contributed by atoms with E-state index in [0.717, 1.165) is 27.6 Å². The Kier molecular flexibility index (Phi) is 6.11. The number of carbonyl (C=O) groups excluding carboxylic acids is 1. The number of methoxy groups -OCH3 is 1. The average molecular weight is 419 g/mol. The molecule has 0 unspecified atom stereocenters. The van der Waals surface area contributed by atoms with Gasteiger partial charge in [0.2, 0.25) is 5.88 Å². The van der Waals surface area contributed by atoms with Crippen molar-refractivity contribution >= 4 is 28.7 Å². The molecule has 1 heterocycles. The Morgan fingerprint density at radius 1 is 1.06 bits per heavy atom. The van der Waals surface area contributed by atoms with E-state index in [2.05, 4.69) is 4.98 Å². The van der Waals surface area contributed by atoms with Gasteiger partial charge in [-0.2, -0.15) is 0 Å². The fraction of sp³-hybridized carbons (Fsp3) is 0.240. The monoisotopic (exact) mass is 419 g/mol. The van der Waals surface area contributed by atoms with Crippen LogP contribution in [0.15, 0.2) is 48.5 Å². The van der Waals surface area contributed by atoms with Gasteiger partial charge in [-0.25, -0.2) is 9.78 Å². The van der Waals surface area contributed by atoms with Crippen LogP contribution in [-0.4, -0.2) is 34.6 Å². The summed E-state index contributed by atoms with van der Waals surface area (Å²) in [6.07, 6.45) is 3.19. The van der Waals surface area contributed by atoms with E-state index in [-0.39, 0.29) is 11.7 Å². The quantitative estimate of drug-likeness (QED) is 0.429. The molecule has 0 bridgehead atoms. The molecule has 1 N–H and O–H groups in total. The molecule has 0 radical (unpaired) electrons. The maximum Gasteiger partial charge on any atom is 0.347 e. The van der Waals surface area contributed by atoms with Crippen molar-refractivity contribution in [3.05, 3.63) is 70.8 Å². The third-order valence-corrected chi connectivity index (χ3v) is 4.93. The number of allylic oxidation sites excluding steroid dienone is 1. The molecule has 0 amide bonds. The lowest BCUT2D eigenvalue weighted by atomic mass is 10.0. The van der Waals surface area contributed by atoms with E-state index < -0.39 is 11.6 Å². The number of hydrogen-bond acceptors (Lipinski definition) is 5. The number of aliphatic carboxylic acids is 1. The molecule has 1 aromatic heterocycles. The largest absolute Gasteiger partial charge is 0.480 e. The van der Waals surface area contributed by atoms with E-state index in [9.17, 15) is 14.7 Å².